The summed E-state index contributed by atoms with van der Waals surface area (Å²) < 4.78 is 19.0. The molecule has 18 heavy (non-hydrogen) atoms. The Hall–Kier alpha value is -1.33. The number of oxazole rings is 1. The van der Waals surface area contributed by atoms with Crippen molar-refractivity contribution in [1.29, 1.82) is 0 Å². The van der Waals surface area contributed by atoms with Gasteiger partial charge in [-0.1, -0.05) is 6.07 Å². The molecule has 0 aliphatic rings. The van der Waals surface area contributed by atoms with E-state index in [1.165, 1.54) is 17.8 Å². The van der Waals surface area contributed by atoms with Crippen LogP contribution < -0.4 is 5.73 Å². The fourth-order valence-electron chi connectivity index (χ4n) is 1.60. The van der Waals surface area contributed by atoms with Gasteiger partial charge in [-0.25, -0.2) is 9.37 Å². The fourth-order valence-corrected chi connectivity index (χ4v) is 2.37. The molecule has 0 saturated carbocycles. The predicted molar refractivity (Wildman–Crippen MR) is 69.1 cm³/mol. The Morgan fingerprint density at radius 1 is 1.50 bits per heavy atom. The first kappa shape index (κ1) is 13.1. The van der Waals surface area contributed by atoms with Crippen LogP contribution in [-0.2, 0) is 6.42 Å². The number of hydrogen-bond acceptors (Lipinski definition) is 4. The highest BCUT2D eigenvalue weighted by Gasteiger charge is 2.10. The minimum absolute atomic E-state index is 0.0253. The highest BCUT2D eigenvalue weighted by molar-refractivity contribution is 7.99. The third-order valence-electron chi connectivity index (χ3n) is 2.35. The van der Waals surface area contributed by atoms with E-state index in [0.29, 0.717) is 16.5 Å². The molecule has 0 fully saturated rings. The molecule has 0 aliphatic heterocycles. The lowest BCUT2D eigenvalue weighted by atomic mass is 10.1. The molecule has 3 nitrogen and oxygen atoms in total. The summed E-state index contributed by atoms with van der Waals surface area (Å²) in [5.74, 6) is -0.269. The molecule has 5 heteroatoms. The zero-order chi connectivity index (χ0) is 13.1. The van der Waals surface area contributed by atoms with Crippen molar-refractivity contribution in [2.45, 2.75) is 36.4 Å². The van der Waals surface area contributed by atoms with Crippen LogP contribution in [0.5, 0.6) is 0 Å². The molecular weight excluding hydrogens is 251 g/mol. The van der Waals surface area contributed by atoms with Crippen molar-refractivity contribution in [2.24, 2.45) is 5.73 Å². The van der Waals surface area contributed by atoms with Crippen molar-refractivity contribution in [3.05, 3.63) is 41.5 Å². The molecule has 0 radical (unpaired) electrons. The van der Waals surface area contributed by atoms with Gasteiger partial charge in [0.25, 0.3) is 5.22 Å². The van der Waals surface area contributed by atoms with Crippen LogP contribution in [0.1, 0.15) is 18.2 Å². The van der Waals surface area contributed by atoms with Gasteiger partial charge in [-0.05, 0) is 49.7 Å². The standard InChI is InChI=1S/C13H15FN2OS/c1-8(15)5-10-3-4-12(11(14)6-10)18-13-16-9(2)7-17-13/h3-4,6-8H,5,15H2,1-2H3. The van der Waals surface area contributed by atoms with Crippen molar-refractivity contribution < 1.29 is 8.81 Å². The van der Waals surface area contributed by atoms with Gasteiger partial charge < -0.3 is 10.2 Å². The predicted octanol–water partition coefficient (Wildman–Crippen LogP) is 3.16. The van der Waals surface area contributed by atoms with Gasteiger partial charge in [0.05, 0.1) is 10.6 Å². The molecule has 2 aromatic rings. The largest absolute Gasteiger partial charge is 0.439 e. The SMILES string of the molecule is Cc1coc(Sc2ccc(CC(C)N)cc2F)n1. The van der Waals surface area contributed by atoms with E-state index >= 15 is 0 Å². The Kier molecular flexibility index (Phi) is 4.04. The van der Waals surface area contributed by atoms with E-state index < -0.39 is 0 Å². The average Bonchev–Trinajstić information content (AvgIpc) is 2.67. The van der Waals surface area contributed by atoms with Crippen LogP contribution in [0.25, 0.3) is 0 Å². The van der Waals surface area contributed by atoms with E-state index in [4.69, 9.17) is 10.2 Å². The van der Waals surface area contributed by atoms with Gasteiger partial charge in [-0.3, -0.25) is 0 Å². The van der Waals surface area contributed by atoms with E-state index in [2.05, 4.69) is 4.98 Å². The van der Waals surface area contributed by atoms with E-state index in [-0.39, 0.29) is 11.9 Å². The van der Waals surface area contributed by atoms with Crippen molar-refractivity contribution in [1.82, 2.24) is 4.98 Å². The van der Waals surface area contributed by atoms with E-state index in [9.17, 15) is 4.39 Å². The Balaban J connectivity index is 2.14. The molecule has 0 amide bonds. The summed E-state index contributed by atoms with van der Waals surface area (Å²) in [5.41, 5.74) is 7.37. The van der Waals surface area contributed by atoms with Crippen LogP contribution in [0.15, 0.2) is 39.0 Å². The molecule has 0 bridgehead atoms. The number of aryl methyl sites for hydroxylation is 1. The average molecular weight is 266 g/mol. The summed E-state index contributed by atoms with van der Waals surface area (Å²) in [6, 6.07) is 5.15. The summed E-state index contributed by atoms with van der Waals surface area (Å²) >= 11 is 1.18. The number of hydrogen-bond donors (Lipinski definition) is 1. The Labute approximate surface area is 110 Å². The molecule has 2 rings (SSSR count). The van der Waals surface area contributed by atoms with Gasteiger partial charge in [0.15, 0.2) is 0 Å². The molecular formula is C13H15FN2OS. The summed E-state index contributed by atoms with van der Waals surface area (Å²) in [6.07, 6.45) is 2.21. The van der Waals surface area contributed by atoms with Gasteiger partial charge in [0.2, 0.25) is 0 Å². The molecule has 2 N–H and O–H groups in total. The summed E-state index contributed by atoms with van der Waals surface area (Å²) in [7, 11) is 0. The molecule has 96 valence electrons. The molecule has 0 aliphatic carbocycles. The zero-order valence-electron chi connectivity index (χ0n) is 10.3. The maximum atomic E-state index is 13.9. The minimum Gasteiger partial charge on any atom is -0.439 e. The quantitative estimate of drug-likeness (QED) is 0.923. The summed E-state index contributed by atoms with van der Waals surface area (Å²) in [6.45, 7) is 3.73. The molecule has 0 spiro atoms. The summed E-state index contributed by atoms with van der Waals surface area (Å²) in [5, 5.41) is 0.450. The molecule has 1 atom stereocenters. The van der Waals surface area contributed by atoms with Gasteiger partial charge >= 0.3 is 0 Å². The van der Waals surface area contributed by atoms with Crippen LogP contribution in [0.2, 0.25) is 0 Å². The first-order chi connectivity index (χ1) is 8.54. The van der Waals surface area contributed by atoms with Crippen LogP contribution in [-0.4, -0.2) is 11.0 Å². The lowest BCUT2D eigenvalue weighted by molar-refractivity contribution is 0.453. The van der Waals surface area contributed by atoms with E-state index in [0.717, 1.165) is 11.3 Å². The second-order valence-electron chi connectivity index (χ2n) is 4.30. The third-order valence-corrected chi connectivity index (χ3v) is 3.26. The second kappa shape index (κ2) is 5.54. The lowest BCUT2D eigenvalue weighted by Crippen LogP contribution is -2.17. The first-order valence-electron chi connectivity index (χ1n) is 5.68. The maximum Gasteiger partial charge on any atom is 0.260 e. The third kappa shape index (κ3) is 3.34. The van der Waals surface area contributed by atoms with Gasteiger partial charge in [-0.2, -0.15) is 0 Å². The van der Waals surface area contributed by atoms with Crippen LogP contribution in [0, 0.1) is 12.7 Å². The van der Waals surface area contributed by atoms with Crippen molar-refractivity contribution in [3.8, 4) is 0 Å². The van der Waals surface area contributed by atoms with Gasteiger partial charge in [-0.15, -0.1) is 0 Å². The number of aromatic nitrogens is 1. The molecule has 0 saturated heterocycles. The number of rotatable bonds is 4. The minimum atomic E-state index is -0.269. The van der Waals surface area contributed by atoms with E-state index in [1.54, 1.807) is 12.3 Å². The van der Waals surface area contributed by atoms with Crippen molar-refractivity contribution in [3.63, 3.8) is 0 Å². The fraction of sp³-hybridized carbons (Fsp3) is 0.308. The van der Waals surface area contributed by atoms with Crippen LogP contribution in [0.4, 0.5) is 4.39 Å². The monoisotopic (exact) mass is 266 g/mol. The number of nitrogens with two attached hydrogens (primary N) is 1. The van der Waals surface area contributed by atoms with E-state index in [1.807, 2.05) is 19.9 Å². The second-order valence-corrected chi connectivity index (χ2v) is 5.30. The lowest BCUT2D eigenvalue weighted by Gasteiger charge is -2.06. The number of benzene rings is 1. The topological polar surface area (TPSA) is 52.0 Å². The van der Waals surface area contributed by atoms with Crippen molar-refractivity contribution in [2.75, 3.05) is 0 Å². The Bertz CT molecular complexity index is 540. The summed E-state index contributed by atoms with van der Waals surface area (Å²) in [4.78, 5) is 4.63. The maximum absolute atomic E-state index is 13.9. The molecule has 1 aromatic heterocycles. The first-order valence-corrected chi connectivity index (χ1v) is 6.50. The molecule has 1 heterocycles. The molecule has 1 aromatic carbocycles. The van der Waals surface area contributed by atoms with Gasteiger partial charge in [0.1, 0.15) is 12.1 Å². The van der Waals surface area contributed by atoms with Crippen LogP contribution in [0.3, 0.4) is 0 Å². The zero-order valence-corrected chi connectivity index (χ0v) is 11.1. The Morgan fingerprint density at radius 2 is 2.28 bits per heavy atom. The number of halogens is 1. The van der Waals surface area contributed by atoms with Crippen molar-refractivity contribution >= 4 is 11.8 Å². The Morgan fingerprint density at radius 3 is 2.83 bits per heavy atom. The number of nitrogens with zero attached hydrogens (tertiary/aromatic N) is 1. The van der Waals surface area contributed by atoms with Gasteiger partial charge in [0, 0.05) is 6.04 Å². The van der Waals surface area contributed by atoms with Crippen LogP contribution >= 0.6 is 11.8 Å². The molecule has 1 unspecified atom stereocenters. The normalized spacial score (nSPS) is 12.7. The highest BCUT2D eigenvalue weighted by Crippen LogP contribution is 2.29. The highest BCUT2D eigenvalue weighted by atomic mass is 32.2. The smallest absolute Gasteiger partial charge is 0.260 e.